The van der Waals surface area contributed by atoms with Gasteiger partial charge in [-0.1, -0.05) is 11.6 Å². The number of rotatable bonds is 7. The SMILES string of the molecule is OCCNCC1CCN(c2ncc3ncnc(Nc4ccc(F)c(Cl)c4)c3n2)CC1. The van der Waals surface area contributed by atoms with E-state index in [1.807, 2.05) is 0 Å². The first-order valence-electron chi connectivity index (χ1n) is 9.90. The summed E-state index contributed by atoms with van der Waals surface area (Å²) in [7, 11) is 0. The Morgan fingerprint density at radius 3 is 2.80 bits per heavy atom. The van der Waals surface area contributed by atoms with Crippen LogP contribution >= 0.6 is 11.6 Å². The molecule has 0 radical (unpaired) electrons. The lowest BCUT2D eigenvalue weighted by Crippen LogP contribution is -2.38. The van der Waals surface area contributed by atoms with Crippen molar-refractivity contribution >= 4 is 40.1 Å². The first-order valence-corrected chi connectivity index (χ1v) is 10.3. The van der Waals surface area contributed by atoms with Crippen LogP contribution in [0, 0.1) is 11.7 Å². The maximum Gasteiger partial charge on any atom is 0.226 e. The molecule has 0 unspecified atom stereocenters. The van der Waals surface area contributed by atoms with Gasteiger partial charge in [-0.05, 0) is 43.5 Å². The first-order chi connectivity index (χ1) is 14.6. The maximum atomic E-state index is 13.4. The van der Waals surface area contributed by atoms with Crippen LogP contribution in [0.1, 0.15) is 12.8 Å². The van der Waals surface area contributed by atoms with Crippen LogP contribution in [-0.2, 0) is 0 Å². The number of nitrogens with one attached hydrogen (secondary N) is 2. The maximum absolute atomic E-state index is 13.4. The fraction of sp³-hybridized carbons (Fsp3) is 0.400. The molecule has 0 aliphatic carbocycles. The molecular formula is C20H23ClFN7O. The van der Waals surface area contributed by atoms with Crippen molar-refractivity contribution in [3.05, 3.63) is 41.6 Å². The molecule has 1 aromatic carbocycles. The normalized spacial score (nSPS) is 15.0. The number of aliphatic hydroxyl groups is 1. The zero-order valence-corrected chi connectivity index (χ0v) is 17.1. The number of anilines is 3. The topological polar surface area (TPSA) is 99.1 Å². The molecule has 2 aromatic heterocycles. The number of aromatic nitrogens is 4. The van der Waals surface area contributed by atoms with Gasteiger partial charge in [0.25, 0.3) is 0 Å². The predicted molar refractivity (Wildman–Crippen MR) is 115 cm³/mol. The van der Waals surface area contributed by atoms with Gasteiger partial charge >= 0.3 is 0 Å². The number of fused-ring (bicyclic) bond motifs is 1. The van der Waals surface area contributed by atoms with Gasteiger partial charge in [0, 0.05) is 25.3 Å². The van der Waals surface area contributed by atoms with Gasteiger partial charge in [-0.3, -0.25) is 0 Å². The summed E-state index contributed by atoms with van der Waals surface area (Å²) >= 11 is 5.88. The average Bonchev–Trinajstić information content (AvgIpc) is 2.77. The van der Waals surface area contributed by atoms with Gasteiger partial charge in [-0.15, -0.1) is 0 Å². The van der Waals surface area contributed by atoms with E-state index in [9.17, 15) is 4.39 Å². The molecule has 1 fully saturated rings. The molecule has 0 atom stereocenters. The Morgan fingerprint density at radius 2 is 2.03 bits per heavy atom. The smallest absolute Gasteiger partial charge is 0.226 e. The lowest BCUT2D eigenvalue weighted by atomic mass is 9.97. The van der Waals surface area contributed by atoms with Gasteiger partial charge in [0.15, 0.2) is 5.82 Å². The molecule has 0 amide bonds. The summed E-state index contributed by atoms with van der Waals surface area (Å²) in [6.45, 7) is 3.42. The van der Waals surface area contributed by atoms with Crippen molar-refractivity contribution in [1.29, 1.82) is 0 Å². The Kier molecular flexibility index (Phi) is 6.51. The highest BCUT2D eigenvalue weighted by Crippen LogP contribution is 2.27. The minimum absolute atomic E-state index is 0.0324. The fourth-order valence-corrected chi connectivity index (χ4v) is 3.70. The second kappa shape index (κ2) is 9.46. The molecule has 3 heterocycles. The Labute approximate surface area is 178 Å². The summed E-state index contributed by atoms with van der Waals surface area (Å²) < 4.78 is 13.4. The van der Waals surface area contributed by atoms with Crippen molar-refractivity contribution in [3.8, 4) is 0 Å². The van der Waals surface area contributed by atoms with E-state index < -0.39 is 5.82 Å². The number of nitrogens with zero attached hydrogens (tertiary/aromatic N) is 5. The van der Waals surface area contributed by atoms with E-state index in [4.69, 9.17) is 21.7 Å². The molecule has 1 aliphatic rings. The molecule has 0 saturated carbocycles. The van der Waals surface area contributed by atoms with E-state index in [2.05, 4.69) is 30.5 Å². The second-order valence-corrected chi connectivity index (χ2v) is 7.65. The molecular weight excluding hydrogens is 409 g/mol. The summed E-state index contributed by atoms with van der Waals surface area (Å²) in [4.78, 5) is 19.9. The van der Waals surface area contributed by atoms with Gasteiger partial charge in [-0.25, -0.2) is 24.3 Å². The van der Waals surface area contributed by atoms with Crippen molar-refractivity contribution in [3.63, 3.8) is 0 Å². The van der Waals surface area contributed by atoms with E-state index in [1.54, 1.807) is 12.3 Å². The molecule has 0 bridgehead atoms. The minimum atomic E-state index is -0.477. The van der Waals surface area contributed by atoms with E-state index in [-0.39, 0.29) is 11.6 Å². The van der Waals surface area contributed by atoms with Crippen LogP contribution in [0.4, 0.5) is 21.8 Å². The molecule has 10 heteroatoms. The third-order valence-electron chi connectivity index (χ3n) is 5.17. The molecule has 0 spiro atoms. The minimum Gasteiger partial charge on any atom is -0.395 e. The molecule has 30 heavy (non-hydrogen) atoms. The Balaban J connectivity index is 1.51. The summed E-state index contributed by atoms with van der Waals surface area (Å²) in [5, 5.41) is 15.3. The molecule has 8 nitrogen and oxygen atoms in total. The fourth-order valence-electron chi connectivity index (χ4n) is 3.52. The first kappa shape index (κ1) is 20.6. The van der Waals surface area contributed by atoms with E-state index in [0.717, 1.165) is 32.5 Å². The zero-order chi connectivity index (χ0) is 20.9. The summed E-state index contributed by atoms with van der Waals surface area (Å²) in [6.07, 6.45) is 5.19. The zero-order valence-electron chi connectivity index (χ0n) is 16.4. The van der Waals surface area contributed by atoms with Crippen molar-refractivity contribution in [2.24, 2.45) is 5.92 Å². The van der Waals surface area contributed by atoms with Crippen molar-refractivity contribution in [1.82, 2.24) is 25.3 Å². The Bertz CT molecular complexity index is 1010. The number of piperidine rings is 1. The van der Waals surface area contributed by atoms with Crippen LogP contribution in [-0.4, -0.2) is 57.8 Å². The van der Waals surface area contributed by atoms with Crippen LogP contribution in [0.2, 0.25) is 5.02 Å². The Morgan fingerprint density at radius 1 is 1.20 bits per heavy atom. The van der Waals surface area contributed by atoms with Crippen molar-refractivity contribution < 1.29 is 9.50 Å². The quantitative estimate of drug-likeness (QED) is 0.491. The summed E-state index contributed by atoms with van der Waals surface area (Å²) in [5.74, 6) is 1.25. The molecule has 3 N–H and O–H groups in total. The van der Waals surface area contributed by atoms with E-state index in [1.165, 1.54) is 18.5 Å². The van der Waals surface area contributed by atoms with Crippen LogP contribution in [0.5, 0.6) is 0 Å². The van der Waals surface area contributed by atoms with Crippen LogP contribution in [0.25, 0.3) is 11.0 Å². The lowest BCUT2D eigenvalue weighted by molar-refractivity contribution is 0.282. The van der Waals surface area contributed by atoms with Crippen LogP contribution < -0.4 is 15.5 Å². The average molecular weight is 432 g/mol. The van der Waals surface area contributed by atoms with Crippen molar-refractivity contribution in [2.45, 2.75) is 12.8 Å². The van der Waals surface area contributed by atoms with Crippen LogP contribution in [0.15, 0.2) is 30.7 Å². The highest BCUT2D eigenvalue weighted by Gasteiger charge is 2.21. The van der Waals surface area contributed by atoms with Crippen LogP contribution in [0.3, 0.4) is 0 Å². The summed E-state index contributed by atoms with van der Waals surface area (Å²) in [6, 6.07) is 4.39. The van der Waals surface area contributed by atoms with Gasteiger partial charge < -0.3 is 20.6 Å². The van der Waals surface area contributed by atoms with E-state index >= 15 is 0 Å². The second-order valence-electron chi connectivity index (χ2n) is 7.24. The van der Waals surface area contributed by atoms with E-state index in [0.29, 0.717) is 40.9 Å². The molecule has 1 saturated heterocycles. The third-order valence-corrected chi connectivity index (χ3v) is 5.46. The molecule has 4 rings (SSSR count). The van der Waals surface area contributed by atoms with Gasteiger partial charge in [0.1, 0.15) is 23.2 Å². The third kappa shape index (κ3) is 4.75. The largest absolute Gasteiger partial charge is 0.395 e. The highest BCUT2D eigenvalue weighted by molar-refractivity contribution is 6.31. The summed E-state index contributed by atoms with van der Waals surface area (Å²) in [5.41, 5.74) is 1.82. The van der Waals surface area contributed by atoms with Gasteiger partial charge in [-0.2, -0.15) is 0 Å². The standard InChI is InChI=1S/C20H23ClFN7O/c21-15-9-14(1-2-16(15)22)27-19-18-17(25-12-26-19)11-24-20(28-18)29-6-3-13(4-7-29)10-23-5-8-30/h1-2,9,11-13,23,30H,3-8,10H2,(H,25,26,27). The number of benzene rings is 1. The Hall–Kier alpha value is -2.62. The molecule has 3 aromatic rings. The molecule has 158 valence electrons. The highest BCUT2D eigenvalue weighted by atomic mass is 35.5. The predicted octanol–water partition coefficient (Wildman–Crippen LogP) is 2.75. The van der Waals surface area contributed by atoms with Crippen molar-refractivity contribution in [2.75, 3.05) is 43.0 Å². The number of halogens is 2. The molecule has 1 aliphatic heterocycles. The number of hydrogen-bond acceptors (Lipinski definition) is 8. The van der Waals surface area contributed by atoms with Gasteiger partial charge in [0.05, 0.1) is 17.8 Å². The van der Waals surface area contributed by atoms with Gasteiger partial charge in [0.2, 0.25) is 5.95 Å². The number of aliphatic hydroxyl groups excluding tert-OH is 1. The number of hydrogen-bond donors (Lipinski definition) is 3. The monoisotopic (exact) mass is 431 g/mol. The lowest BCUT2D eigenvalue weighted by Gasteiger charge is -2.32.